The minimum absolute atomic E-state index is 0.0589. The molecule has 0 amide bonds. The molecule has 172 valence electrons. The van der Waals surface area contributed by atoms with Gasteiger partial charge in [0, 0.05) is 31.3 Å². The largest absolute Gasteiger partial charge is 0.459 e. The number of fused-ring (bicyclic) bond motifs is 1. The van der Waals surface area contributed by atoms with Gasteiger partial charge < -0.3 is 15.4 Å². The van der Waals surface area contributed by atoms with Crippen molar-refractivity contribution >= 4 is 11.6 Å². The number of ether oxygens (including phenoxy) is 1. The third-order valence-electron chi connectivity index (χ3n) is 5.84. The number of piperidine rings is 1. The van der Waals surface area contributed by atoms with Crippen LogP contribution in [0.4, 0.5) is 5.95 Å². The fourth-order valence-electron chi connectivity index (χ4n) is 4.04. The Morgan fingerprint density at radius 1 is 1.24 bits per heavy atom. The van der Waals surface area contributed by atoms with Gasteiger partial charge in [-0.15, -0.1) is 5.10 Å². The molecule has 1 unspecified atom stereocenters. The van der Waals surface area contributed by atoms with Gasteiger partial charge in [-0.05, 0) is 41.3 Å². The Labute approximate surface area is 191 Å². The number of aromatic nitrogens is 8. The van der Waals surface area contributed by atoms with Gasteiger partial charge in [-0.3, -0.25) is 0 Å². The molecule has 0 saturated carbocycles. The first kappa shape index (κ1) is 21.3. The van der Waals surface area contributed by atoms with Crippen molar-refractivity contribution in [3.8, 4) is 17.4 Å². The lowest BCUT2D eigenvalue weighted by Gasteiger charge is -2.23. The lowest BCUT2D eigenvalue weighted by atomic mass is 10.1. The minimum Gasteiger partial charge on any atom is -0.459 e. The van der Waals surface area contributed by atoms with Crippen LogP contribution in [0.2, 0.25) is 0 Å². The zero-order chi connectivity index (χ0) is 22.8. The molecular weight excluding hydrogens is 420 g/mol. The normalized spacial score (nSPS) is 16.4. The van der Waals surface area contributed by atoms with E-state index in [-0.39, 0.29) is 12.0 Å². The van der Waals surface area contributed by atoms with Crippen molar-refractivity contribution in [3.05, 3.63) is 41.6 Å². The molecule has 0 spiro atoms. The highest BCUT2D eigenvalue weighted by Crippen LogP contribution is 2.25. The van der Waals surface area contributed by atoms with Crippen LogP contribution in [0.1, 0.15) is 43.7 Å². The highest BCUT2D eigenvalue weighted by atomic mass is 16.5. The van der Waals surface area contributed by atoms with E-state index >= 15 is 0 Å². The van der Waals surface area contributed by atoms with E-state index in [2.05, 4.69) is 50.1 Å². The van der Waals surface area contributed by atoms with Crippen LogP contribution >= 0.6 is 0 Å². The van der Waals surface area contributed by atoms with Crippen LogP contribution in [0.3, 0.4) is 0 Å². The number of anilines is 1. The second-order valence-electron chi connectivity index (χ2n) is 8.54. The quantitative estimate of drug-likeness (QED) is 0.438. The standard InChI is InChI=1S/C22H28N10O/c1-14(2)18-13-25-32-19(18)26-22(33-16-8-6-10-23-12-16)27-21(32)24-11-15-7-4-5-9-17(15)20-28-29-30-31(20)3/h4-5,7,9,13-14,16,23H,6,8,10-12H2,1-3H3,(H,24,26,27). The first-order chi connectivity index (χ1) is 16.1. The molecule has 1 saturated heterocycles. The third-order valence-corrected chi connectivity index (χ3v) is 5.84. The summed E-state index contributed by atoms with van der Waals surface area (Å²) in [5, 5.41) is 23.2. The van der Waals surface area contributed by atoms with Crippen molar-refractivity contribution in [1.82, 2.24) is 45.1 Å². The summed E-state index contributed by atoms with van der Waals surface area (Å²) in [6.07, 6.45) is 3.98. The van der Waals surface area contributed by atoms with Gasteiger partial charge in [0.25, 0.3) is 0 Å². The first-order valence-electron chi connectivity index (χ1n) is 11.3. The summed E-state index contributed by atoms with van der Waals surface area (Å²) in [7, 11) is 1.83. The van der Waals surface area contributed by atoms with Crippen molar-refractivity contribution in [2.45, 2.75) is 45.3 Å². The molecule has 5 rings (SSSR count). The minimum atomic E-state index is 0.0589. The Hall–Kier alpha value is -3.60. The average molecular weight is 449 g/mol. The Kier molecular flexibility index (Phi) is 5.86. The number of aryl methyl sites for hydroxylation is 1. The molecule has 1 aromatic carbocycles. The molecule has 4 aromatic rings. The number of tetrazole rings is 1. The number of hydrogen-bond acceptors (Lipinski definition) is 9. The second-order valence-corrected chi connectivity index (χ2v) is 8.54. The summed E-state index contributed by atoms with van der Waals surface area (Å²) in [5.74, 6) is 1.56. The van der Waals surface area contributed by atoms with Crippen LogP contribution in [-0.4, -0.2) is 59.0 Å². The van der Waals surface area contributed by atoms with Gasteiger partial charge in [0.1, 0.15) is 6.10 Å². The highest BCUT2D eigenvalue weighted by molar-refractivity contribution is 5.61. The second kappa shape index (κ2) is 9.10. The van der Waals surface area contributed by atoms with Crippen molar-refractivity contribution in [1.29, 1.82) is 0 Å². The molecule has 0 aliphatic carbocycles. The Morgan fingerprint density at radius 2 is 2.12 bits per heavy atom. The van der Waals surface area contributed by atoms with Gasteiger partial charge in [0.15, 0.2) is 11.5 Å². The van der Waals surface area contributed by atoms with Crippen LogP contribution in [0, 0.1) is 0 Å². The lowest BCUT2D eigenvalue weighted by molar-refractivity contribution is 0.153. The average Bonchev–Trinajstić information content (AvgIpc) is 3.44. The molecule has 3 aromatic heterocycles. The summed E-state index contributed by atoms with van der Waals surface area (Å²) in [5.41, 5.74) is 3.80. The number of hydrogen-bond donors (Lipinski definition) is 2. The zero-order valence-corrected chi connectivity index (χ0v) is 19.1. The Morgan fingerprint density at radius 3 is 2.88 bits per heavy atom. The molecule has 1 atom stereocenters. The smallest absolute Gasteiger partial charge is 0.322 e. The van der Waals surface area contributed by atoms with Crippen LogP contribution in [0.15, 0.2) is 30.5 Å². The number of benzene rings is 1. The maximum Gasteiger partial charge on any atom is 0.322 e. The molecular formula is C22H28N10O. The highest BCUT2D eigenvalue weighted by Gasteiger charge is 2.20. The molecule has 0 bridgehead atoms. The molecule has 0 radical (unpaired) electrons. The molecule has 1 aliphatic heterocycles. The van der Waals surface area contributed by atoms with E-state index in [9.17, 15) is 0 Å². The van der Waals surface area contributed by atoms with Crippen molar-refractivity contribution in [2.75, 3.05) is 18.4 Å². The lowest BCUT2D eigenvalue weighted by Crippen LogP contribution is -2.37. The van der Waals surface area contributed by atoms with Crippen molar-refractivity contribution in [3.63, 3.8) is 0 Å². The Balaban J connectivity index is 1.47. The fraction of sp³-hybridized carbons (Fsp3) is 0.455. The number of rotatable bonds is 7. The van der Waals surface area contributed by atoms with E-state index in [1.165, 1.54) is 0 Å². The van der Waals surface area contributed by atoms with Gasteiger partial charge in [0.2, 0.25) is 5.95 Å². The van der Waals surface area contributed by atoms with Gasteiger partial charge in [-0.2, -0.15) is 19.6 Å². The zero-order valence-electron chi connectivity index (χ0n) is 19.1. The van der Waals surface area contributed by atoms with E-state index in [1.807, 2.05) is 37.5 Å². The molecule has 4 heterocycles. The summed E-state index contributed by atoms with van der Waals surface area (Å²) >= 11 is 0. The van der Waals surface area contributed by atoms with Gasteiger partial charge >= 0.3 is 6.01 Å². The van der Waals surface area contributed by atoms with Gasteiger partial charge in [0.05, 0.1) is 6.20 Å². The molecule has 2 N–H and O–H groups in total. The van der Waals surface area contributed by atoms with Crippen LogP contribution in [0.25, 0.3) is 17.0 Å². The fourth-order valence-corrected chi connectivity index (χ4v) is 4.04. The van der Waals surface area contributed by atoms with E-state index < -0.39 is 0 Å². The van der Waals surface area contributed by atoms with Crippen molar-refractivity contribution in [2.24, 2.45) is 7.05 Å². The van der Waals surface area contributed by atoms with E-state index in [0.29, 0.717) is 24.3 Å². The molecule has 11 nitrogen and oxygen atoms in total. The summed E-state index contributed by atoms with van der Waals surface area (Å²) in [6.45, 7) is 6.59. The van der Waals surface area contributed by atoms with Crippen LogP contribution < -0.4 is 15.4 Å². The SMILES string of the molecule is CC(C)c1cnn2c(NCc3ccccc3-c3nnnn3C)nc(OC3CCCNC3)nc12. The summed E-state index contributed by atoms with van der Waals surface area (Å²) in [6, 6.07) is 8.39. The van der Waals surface area contributed by atoms with Crippen molar-refractivity contribution < 1.29 is 4.74 Å². The van der Waals surface area contributed by atoms with Crippen LogP contribution in [-0.2, 0) is 13.6 Å². The maximum atomic E-state index is 6.16. The predicted octanol–water partition coefficient (Wildman–Crippen LogP) is 2.18. The topological polar surface area (TPSA) is 120 Å². The summed E-state index contributed by atoms with van der Waals surface area (Å²) in [4.78, 5) is 9.38. The number of nitrogens with one attached hydrogen (secondary N) is 2. The van der Waals surface area contributed by atoms with Gasteiger partial charge in [-0.25, -0.2) is 4.68 Å². The molecule has 11 heteroatoms. The molecule has 1 fully saturated rings. The Bertz CT molecular complexity index is 1240. The predicted molar refractivity (Wildman–Crippen MR) is 123 cm³/mol. The maximum absolute atomic E-state index is 6.16. The molecule has 33 heavy (non-hydrogen) atoms. The summed E-state index contributed by atoms with van der Waals surface area (Å²) < 4.78 is 9.57. The number of nitrogens with zero attached hydrogens (tertiary/aromatic N) is 8. The van der Waals surface area contributed by atoms with E-state index in [0.717, 1.165) is 48.3 Å². The first-order valence-corrected chi connectivity index (χ1v) is 11.3. The molecule has 1 aliphatic rings. The monoisotopic (exact) mass is 448 g/mol. The van der Waals surface area contributed by atoms with Gasteiger partial charge in [-0.1, -0.05) is 38.1 Å². The van der Waals surface area contributed by atoms with E-state index in [4.69, 9.17) is 9.72 Å². The third kappa shape index (κ3) is 4.36. The van der Waals surface area contributed by atoms with E-state index in [1.54, 1.807) is 9.20 Å². The van der Waals surface area contributed by atoms with Crippen LogP contribution in [0.5, 0.6) is 6.01 Å².